The van der Waals surface area contributed by atoms with Crippen LogP contribution in [0.15, 0.2) is 12.7 Å². The molecule has 0 fully saturated rings. The van der Waals surface area contributed by atoms with Crippen molar-refractivity contribution in [3.05, 3.63) is 12.7 Å². The summed E-state index contributed by atoms with van der Waals surface area (Å²) in [7, 11) is 0. The third-order valence-corrected chi connectivity index (χ3v) is 1.18. The first-order valence-corrected chi connectivity index (χ1v) is 3.57. The quantitative estimate of drug-likeness (QED) is 0.655. The van der Waals surface area contributed by atoms with Crippen LogP contribution in [0.4, 0.5) is 0 Å². The molecule has 1 N–H and O–H groups in total. The highest BCUT2D eigenvalue weighted by Crippen LogP contribution is 1.85. The van der Waals surface area contributed by atoms with E-state index in [1.54, 1.807) is 0 Å². The largest absolute Gasteiger partial charge is 0.273 e. The first-order valence-electron chi connectivity index (χ1n) is 3.03. The minimum absolute atomic E-state index is 0.153. The molecule has 6 heteroatoms. The molecule has 0 aliphatic heterocycles. The van der Waals surface area contributed by atoms with Gasteiger partial charge in [0.2, 0.25) is 5.91 Å². The van der Waals surface area contributed by atoms with Crippen LogP contribution in [0.25, 0.3) is 0 Å². The topological polar surface area (TPSA) is 59.8 Å². The maximum Gasteiger partial charge on any atom is 0.240 e. The first-order chi connectivity index (χ1) is 5.33. The normalized spacial score (nSPS) is 9.55. The van der Waals surface area contributed by atoms with Crippen LogP contribution in [0, 0.1) is 0 Å². The molecule has 0 atom stereocenters. The maximum atomic E-state index is 10.8. The van der Waals surface area contributed by atoms with Crippen LogP contribution < -0.4 is 5.43 Å². The van der Waals surface area contributed by atoms with Gasteiger partial charge in [-0.15, -0.1) is 21.8 Å². The standard InChI is InChI=1S/C5H7ClN4O/c6-2-1-5(11)9-10-3-7-8-4-10/h3-4H,1-2H2,(H,9,11). The molecule has 0 aromatic carbocycles. The molecule has 1 rings (SSSR count). The van der Waals surface area contributed by atoms with Crippen molar-refractivity contribution in [2.24, 2.45) is 0 Å². The van der Waals surface area contributed by atoms with Crippen molar-refractivity contribution >= 4 is 17.5 Å². The van der Waals surface area contributed by atoms with Crippen molar-refractivity contribution in [1.82, 2.24) is 14.9 Å². The lowest BCUT2D eigenvalue weighted by Crippen LogP contribution is -2.21. The van der Waals surface area contributed by atoms with Gasteiger partial charge in [-0.2, -0.15) is 0 Å². The Hall–Kier alpha value is -1.10. The highest BCUT2D eigenvalue weighted by molar-refractivity contribution is 6.19. The van der Waals surface area contributed by atoms with E-state index in [1.807, 2.05) is 0 Å². The zero-order valence-corrected chi connectivity index (χ0v) is 6.45. The van der Waals surface area contributed by atoms with E-state index in [2.05, 4.69) is 15.6 Å². The summed E-state index contributed by atoms with van der Waals surface area (Å²) in [5, 5.41) is 7.00. The molecule has 0 aliphatic carbocycles. The van der Waals surface area contributed by atoms with E-state index in [0.717, 1.165) is 0 Å². The lowest BCUT2D eigenvalue weighted by molar-refractivity contribution is -0.116. The zero-order valence-electron chi connectivity index (χ0n) is 5.70. The minimum atomic E-state index is -0.153. The molecular formula is C5H7ClN4O. The second-order valence-corrected chi connectivity index (χ2v) is 2.22. The summed E-state index contributed by atoms with van der Waals surface area (Å²) in [4.78, 5) is 10.8. The summed E-state index contributed by atoms with van der Waals surface area (Å²) < 4.78 is 1.37. The van der Waals surface area contributed by atoms with Crippen LogP contribution >= 0.6 is 11.6 Å². The number of amides is 1. The Kier molecular flexibility index (Phi) is 2.85. The molecule has 0 spiro atoms. The van der Waals surface area contributed by atoms with E-state index < -0.39 is 0 Å². The summed E-state index contributed by atoms with van der Waals surface area (Å²) in [5.41, 5.74) is 2.49. The van der Waals surface area contributed by atoms with Crippen LogP contribution in [-0.2, 0) is 4.79 Å². The third-order valence-electron chi connectivity index (χ3n) is 0.994. The van der Waals surface area contributed by atoms with Gasteiger partial charge in [-0.05, 0) is 0 Å². The van der Waals surface area contributed by atoms with Crippen LogP contribution in [0.1, 0.15) is 6.42 Å². The average molecular weight is 175 g/mol. The molecule has 0 aliphatic rings. The van der Waals surface area contributed by atoms with E-state index in [-0.39, 0.29) is 5.91 Å². The molecule has 60 valence electrons. The zero-order chi connectivity index (χ0) is 8.10. The van der Waals surface area contributed by atoms with E-state index >= 15 is 0 Å². The molecule has 1 amide bonds. The number of hydrogen-bond donors (Lipinski definition) is 1. The monoisotopic (exact) mass is 174 g/mol. The number of alkyl halides is 1. The van der Waals surface area contributed by atoms with Gasteiger partial charge in [0.15, 0.2) is 0 Å². The highest BCUT2D eigenvalue weighted by atomic mass is 35.5. The van der Waals surface area contributed by atoms with Crippen molar-refractivity contribution in [3.63, 3.8) is 0 Å². The SMILES string of the molecule is O=C(CCCl)Nn1cnnc1. The fourth-order valence-electron chi connectivity index (χ4n) is 0.544. The highest BCUT2D eigenvalue weighted by Gasteiger charge is 1.98. The fraction of sp³-hybridized carbons (Fsp3) is 0.400. The van der Waals surface area contributed by atoms with Gasteiger partial charge in [-0.3, -0.25) is 10.2 Å². The molecule has 0 unspecified atom stereocenters. The van der Waals surface area contributed by atoms with Gasteiger partial charge in [0, 0.05) is 12.3 Å². The number of nitrogens with one attached hydrogen (secondary N) is 1. The average Bonchev–Trinajstić information content (AvgIpc) is 2.40. The Bertz CT molecular complexity index is 222. The van der Waals surface area contributed by atoms with Gasteiger partial charge >= 0.3 is 0 Å². The lowest BCUT2D eigenvalue weighted by atomic mass is 10.5. The number of nitrogens with zero attached hydrogens (tertiary/aromatic N) is 3. The number of halogens is 1. The molecule has 5 nitrogen and oxygen atoms in total. The smallest absolute Gasteiger partial charge is 0.240 e. The number of hydrogen-bond acceptors (Lipinski definition) is 3. The van der Waals surface area contributed by atoms with Crippen LogP contribution in [0.2, 0.25) is 0 Å². The van der Waals surface area contributed by atoms with E-state index in [1.165, 1.54) is 17.3 Å². The number of aromatic nitrogens is 3. The molecule has 0 radical (unpaired) electrons. The minimum Gasteiger partial charge on any atom is -0.273 e. The predicted molar refractivity (Wildman–Crippen MR) is 39.7 cm³/mol. The van der Waals surface area contributed by atoms with Gasteiger partial charge in [-0.1, -0.05) is 0 Å². The van der Waals surface area contributed by atoms with Gasteiger partial charge in [0.05, 0.1) is 0 Å². The molecule has 1 heterocycles. The third kappa shape index (κ3) is 2.55. The van der Waals surface area contributed by atoms with E-state index in [9.17, 15) is 4.79 Å². The molecule has 0 bridgehead atoms. The van der Waals surface area contributed by atoms with Crippen LogP contribution in [0.3, 0.4) is 0 Å². The Morgan fingerprint density at radius 3 is 2.73 bits per heavy atom. The number of rotatable bonds is 3. The predicted octanol–water partition coefficient (Wildman–Crippen LogP) is -0.0229. The number of carbonyl (C=O) groups excluding carboxylic acids is 1. The summed E-state index contributed by atoms with van der Waals surface area (Å²) >= 11 is 5.34. The fourth-order valence-corrected chi connectivity index (χ4v) is 0.716. The Morgan fingerprint density at radius 1 is 1.55 bits per heavy atom. The van der Waals surface area contributed by atoms with Gasteiger partial charge < -0.3 is 0 Å². The summed E-state index contributed by atoms with van der Waals surface area (Å²) in [5.74, 6) is 0.160. The molecule has 11 heavy (non-hydrogen) atoms. The van der Waals surface area contributed by atoms with Crippen molar-refractivity contribution in [2.75, 3.05) is 11.3 Å². The molecule has 0 saturated heterocycles. The second-order valence-electron chi connectivity index (χ2n) is 1.84. The van der Waals surface area contributed by atoms with Gasteiger partial charge in [-0.25, -0.2) is 4.68 Å². The molecule has 1 aromatic heterocycles. The Labute approximate surface area is 68.3 Å². The maximum absolute atomic E-state index is 10.8. The van der Waals surface area contributed by atoms with Crippen LogP contribution in [-0.4, -0.2) is 26.7 Å². The van der Waals surface area contributed by atoms with Crippen molar-refractivity contribution in [1.29, 1.82) is 0 Å². The number of carbonyl (C=O) groups is 1. The Balaban J connectivity index is 2.37. The van der Waals surface area contributed by atoms with Crippen LogP contribution in [0.5, 0.6) is 0 Å². The summed E-state index contributed by atoms with van der Waals surface area (Å²) in [6.45, 7) is 0. The summed E-state index contributed by atoms with van der Waals surface area (Å²) in [6.07, 6.45) is 3.08. The first kappa shape index (κ1) is 8.00. The second kappa shape index (κ2) is 3.92. The van der Waals surface area contributed by atoms with E-state index in [4.69, 9.17) is 11.6 Å². The van der Waals surface area contributed by atoms with E-state index in [0.29, 0.717) is 12.3 Å². The Morgan fingerprint density at radius 2 is 2.18 bits per heavy atom. The molecule has 0 saturated carbocycles. The lowest BCUT2D eigenvalue weighted by Gasteiger charge is -2.00. The molecule has 1 aromatic rings. The van der Waals surface area contributed by atoms with Gasteiger partial charge in [0.25, 0.3) is 0 Å². The van der Waals surface area contributed by atoms with Gasteiger partial charge in [0.1, 0.15) is 12.7 Å². The van der Waals surface area contributed by atoms with Crippen molar-refractivity contribution in [2.45, 2.75) is 6.42 Å². The van der Waals surface area contributed by atoms with Crippen molar-refractivity contribution < 1.29 is 4.79 Å². The molecular weight excluding hydrogens is 168 g/mol. The van der Waals surface area contributed by atoms with Crippen molar-refractivity contribution in [3.8, 4) is 0 Å². The summed E-state index contributed by atoms with van der Waals surface area (Å²) in [6, 6.07) is 0.